The standard InChI is InChI=1S/C14H11Br2Cl2NO/c15-10-3-1-8(5-13(10)18)14(7-20)19-9-2-4-12(17)11(16)6-9/h1-6,14,19-20H,7H2. The Hall–Kier alpha value is -0.260. The van der Waals surface area contributed by atoms with Gasteiger partial charge in [-0.1, -0.05) is 29.3 Å². The lowest BCUT2D eigenvalue weighted by atomic mass is 10.1. The van der Waals surface area contributed by atoms with Crippen LogP contribution in [0.15, 0.2) is 45.3 Å². The molecule has 0 aromatic heterocycles. The van der Waals surface area contributed by atoms with Crippen molar-refractivity contribution in [1.29, 1.82) is 0 Å². The van der Waals surface area contributed by atoms with E-state index in [-0.39, 0.29) is 12.6 Å². The van der Waals surface area contributed by atoms with Crippen molar-refractivity contribution >= 4 is 60.7 Å². The summed E-state index contributed by atoms with van der Waals surface area (Å²) in [4.78, 5) is 0. The Balaban J connectivity index is 2.23. The first-order valence-electron chi connectivity index (χ1n) is 5.78. The zero-order valence-corrected chi connectivity index (χ0v) is 14.9. The number of aliphatic hydroxyl groups excluding tert-OH is 1. The molecule has 0 amide bonds. The Labute approximate surface area is 144 Å². The molecule has 106 valence electrons. The van der Waals surface area contributed by atoms with Crippen molar-refractivity contribution in [3.8, 4) is 0 Å². The molecule has 0 saturated heterocycles. The first-order valence-corrected chi connectivity index (χ1v) is 8.13. The van der Waals surface area contributed by atoms with Gasteiger partial charge in [0.2, 0.25) is 0 Å². The molecule has 0 aliphatic rings. The van der Waals surface area contributed by atoms with E-state index in [1.807, 2.05) is 30.3 Å². The van der Waals surface area contributed by atoms with Gasteiger partial charge in [-0.05, 0) is 67.8 Å². The molecule has 6 heteroatoms. The van der Waals surface area contributed by atoms with E-state index in [1.54, 1.807) is 6.07 Å². The molecule has 0 heterocycles. The van der Waals surface area contributed by atoms with E-state index in [9.17, 15) is 5.11 Å². The predicted octanol–water partition coefficient (Wildman–Crippen LogP) is 5.66. The monoisotopic (exact) mass is 437 g/mol. The van der Waals surface area contributed by atoms with Crippen LogP contribution in [-0.4, -0.2) is 11.7 Å². The van der Waals surface area contributed by atoms with Crippen LogP contribution in [0.3, 0.4) is 0 Å². The Morgan fingerprint density at radius 1 is 1.00 bits per heavy atom. The van der Waals surface area contributed by atoms with Crippen LogP contribution in [0, 0.1) is 0 Å². The first-order chi connectivity index (χ1) is 9.51. The summed E-state index contributed by atoms with van der Waals surface area (Å²) in [5.74, 6) is 0. The third-order valence-electron chi connectivity index (χ3n) is 2.79. The van der Waals surface area contributed by atoms with Gasteiger partial charge in [0.25, 0.3) is 0 Å². The summed E-state index contributed by atoms with van der Waals surface area (Å²) >= 11 is 18.8. The summed E-state index contributed by atoms with van der Waals surface area (Å²) < 4.78 is 1.63. The molecule has 2 aromatic carbocycles. The summed E-state index contributed by atoms with van der Waals surface area (Å²) in [6, 6.07) is 10.9. The highest BCUT2D eigenvalue weighted by atomic mass is 79.9. The van der Waals surface area contributed by atoms with Crippen molar-refractivity contribution in [2.75, 3.05) is 11.9 Å². The van der Waals surface area contributed by atoms with Gasteiger partial charge in [-0.2, -0.15) is 0 Å². The van der Waals surface area contributed by atoms with Crippen LogP contribution in [0.25, 0.3) is 0 Å². The van der Waals surface area contributed by atoms with E-state index in [1.165, 1.54) is 0 Å². The lowest BCUT2D eigenvalue weighted by Gasteiger charge is -2.19. The molecule has 0 fully saturated rings. The van der Waals surface area contributed by atoms with Gasteiger partial charge in [0.05, 0.1) is 22.7 Å². The normalized spacial score (nSPS) is 12.2. The van der Waals surface area contributed by atoms with Crippen LogP contribution in [0.2, 0.25) is 10.0 Å². The molecule has 20 heavy (non-hydrogen) atoms. The number of benzene rings is 2. The first kappa shape index (κ1) is 16.1. The Bertz CT molecular complexity index is 622. The van der Waals surface area contributed by atoms with Gasteiger partial charge >= 0.3 is 0 Å². The van der Waals surface area contributed by atoms with Crippen LogP contribution >= 0.6 is 55.1 Å². The molecule has 2 N–H and O–H groups in total. The Morgan fingerprint density at radius 3 is 2.35 bits per heavy atom. The van der Waals surface area contributed by atoms with E-state index < -0.39 is 0 Å². The minimum Gasteiger partial charge on any atom is -0.394 e. The topological polar surface area (TPSA) is 32.3 Å². The van der Waals surface area contributed by atoms with Crippen LogP contribution in [0.1, 0.15) is 11.6 Å². The zero-order valence-electron chi connectivity index (χ0n) is 10.2. The molecule has 2 nitrogen and oxygen atoms in total. The molecular weight excluding hydrogens is 429 g/mol. The third-order valence-corrected chi connectivity index (χ3v) is 5.24. The van der Waals surface area contributed by atoms with Gasteiger partial charge in [0.15, 0.2) is 0 Å². The van der Waals surface area contributed by atoms with Crippen LogP contribution in [-0.2, 0) is 0 Å². The lowest BCUT2D eigenvalue weighted by molar-refractivity contribution is 0.276. The number of nitrogens with one attached hydrogen (secondary N) is 1. The molecule has 1 unspecified atom stereocenters. The molecule has 0 bridgehead atoms. The minimum absolute atomic E-state index is 0.0434. The van der Waals surface area contributed by atoms with E-state index in [4.69, 9.17) is 23.2 Å². The summed E-state index contributed by atoms with van der Waals surface area (Å²) in [6.45, 7) is -0.0434. The summed E-state index contributed by atoms with van der Waals surface area (Å²) in [6.07, 6.45) is 0. The van der Waals surface area contributed by atoms with Crippen molar-refractivity contribution < 1.29 is 5.11 Å². The molecule has 0 aliphatic heterocycles. The average molecular weight is 440 g/mol. The number of hydrogen-bond donors (Lipinski definition) is 2. The molecular formula is C14H11Br2Cl2NO. The molecule has 2 aromatic rings. The van der Waals surface area contributed by atoms with Crippen molar-refractivity contribution in [2.45, 2.75) is 6.04 Å². The highest BCUT2D eigenvalue weighted by molar-refractivity contribution is 9.10. The van der Waals surface area contributed by atoms with Gasteiger partial charge in [-0.15, -0.1) is 0 Å². The Kier molecular flexibility index (Phi) is 5.75. The van der Waals surface area contributed by atoms with E-state index in [0.29, 0.717) is 10.0 Å². The van der Waals surface area contributed by atoms with Gasteiger partial charge in [-0.25, -0.2) is 0 Å². The molecule has 0 aliphatic carbocycles. The van der Waals surface area contributed by atoms with Crippen LogP contribution < -0.4 is 5.32 Å². The van der Waals surface area contributed by atoms with E-state index in [0.717, 1.165) is 20.2 Å². The summed E-state index contributed by atoms with van der Waals surface area (Å²) in [5.41, 5.74) is 1.77. The van der Waals surface area contributed by atoms with Crippen LogP contribution in [0.4, 0.5) is 5.69 Å². The number of anilines is 1. The second-order valence-electron chi connectivity index (χ2n) is 4.18. The van der Waals surface area contributed by atoms with Gasteiger partial charge in [0, 0.05) is 14.6 Å². The maximum absolute atomic E-state index is 9.57. The fourth-order valence-electron chi connectivity index (χ4n) is 1.75. The number of halogens is 4. The second-order valence-corrected chi connectivity index (χ2v) is 6.71. The summed E-state index contributed by atoms with van der Waals surface area (Å²) in [5, 5.41) is 14.1. The number of rotatable bonds is 4. The molecule has 2 rings (SSSR count). The molecule has 0 radical (unpaired) electrons. The highest BCUT2D eigenvalue weighted by Gasteiger charge is 2.12. The van der Waals surface area contributed by atoms with Crippen molar-refractivity contribution in [2.24, 2.45) is 0 Å². The smallest absolute Gasteiger partial charge is 0.0745 e. The van der Waals surface area contributed by atoms with E-state index >= 15 is 0 Å². The lowest BCUT2D eigenvalue weighted by Crippen LogP contribution is -2.14. The molecule has 0 saturated carbocycles. The van der Waals surface area contributed by atoms with Gasteiger partial charge in [-0.3, -0.25) is 0 Å². The largest absolute Gasteiger partial charge is 0.394 e. The average Bonchev–Trinajstić information content (AvgIpc) is 2.43. The zero-order chi connectivity index (χ0) is 14.7. The minimum atomic E-state index is -0.242. The molecule has 0 spiro atoms. The summed E-state index contributed by atoms with van der Waals surface area (Å²) in [7, 11) is 0. The fourth-order valence-corrected chi connectivity index (χ4v) is 2.68. The maximum atomic E-state index is 9.57. The highest BCUT2D eigenvalue weighted by Crippen LogP contribution is 2.30. The number of aliphatic hydroxyl groups is 1. The van der Waals surface area contributed by atoms with Gasteiger partial charge < -0.3 is 10.4 Å². The second kappa shape index (κ2) is 7.14. The quantitative estimate of drug-likeness (QED) is 0.643. The number of hydrogen-bond acceptors (Lipinski definition) is 2. The van der Waals surface area contributed by atoms with Crippen LogP contribution in [0.5, 0.6) is 0 Å². The molecule has 1 atom stereocenters. The van der Waals surface area contributed by atoms with E-state index in [2.05, 4.69) is 37.2 Å². The maximum Gasteiger partial charge on any atom is 0.0745 e. The predicted molar refractivity (Wildman–Crippen MR) is 91.8 cm³/mol. The third kappa shape index (κ3) is 3.89. The SMILES string of the molecule is OCC(Nc1ccc(Cl)c(Br)c1)c1ccc(Br)c(Cl)c1. The van der Waals surface area contributed by atoms with Gasteiger partial charge in [0.1, 0.15) is 0 Å². The van der Waals surface area contributed by atoms with Crippen molar-refractivity contribution in [3.05, 3.63) is 61.0 Å². The fraction of sp³-hybridized carbons (Fsp3) is 0.143. The Morgan fingerprint density at radius 2 is 1.75 bits per heavy atom. The van der Waals surface area contributed by atoms with Crippen molar-refractivity contribution in [1.82, 2.24) is 0 Å². The van der Waals surface area contributed by atoms with Crippen molar-refractivity contribution in [3.63, 3.8) is 0 Å².